The van der Waals surface area contributed by atoms with Crippen LogP contribution in [0.2, 0.25) is 0 Å². The molecule has 0 aliphatic carbocycles. The van der Waals surface area contributed by atoms with Crippen LogP contribution in [0.5, 0.6) is 5.75 Å². The Hall–Kier alpha value is -1.44. The molecule has 0 amide bonds. The van der Waals surface area contributed by atoms with Crippen molar-refractivity contribution in [3.8, 4) is 5.75 Å². The average Bonchev–Trinajstić information content (AvgIpc) is 2.42. The highest BCUT2D eigenvalue weighted by molar-refractivity contribution is 5.27. The van der Waals surface area contributed by atoms with Crippen LogP contribution in [0.25, 0.3) is 0 Å². The smallest absolute Gasteiger partial charge is 0.118 e. The summed E-state index contributed by atoms with van der Waals surface area (Å²) >= 11 is 0. The number of methoxy groups -OCH3 is 1. The standard InChI is InChI=1S/C16H24O2/c1-5-14(3)18-12-13(2)6-7-15-8-10-16(17-4)11-9-15/h8-12,14H,5-7H2,1-4H3/b13-12+. The Morgan fingerprint density at radius 3 is 2.50 bits per heavy atom. The van der Waals surface area contributed by atoms with Crippen molar-refractivity contribution >= 4 is 0 Å². The SMILES string of the molecule is CCC(C)O/C=C(\C)CCc1ccc(OC)cc1. The van der Waals surface area contributed by atoms with Gasteiger partial charge in [0.15, 0.2) is 0 Å². The lowest BCUT2D eigenvalue weighted by molar-refractivity contribution is 0.155. The molecular weight excluding hydrogens is 224 g/mol. The first-order valence-electron chi connectivity index (χ1n) is 6.59. The van der Waals surface area contributed by atoms with Gasteiger partial charge < -0.3 is 9.47 Å². The molecule has 0 radical (unpaired) electrons. The lowest BCUT2D eigenvalue weighted by Gasteiger charge is -2.09. The molecular formula is C16H24O2. The molecule has 0 saturated heterocycles. The summed E-state index contributed by atoms with van der Waals surface area (Å²) in [4.78, 5) is 0. The van der Waals surface area contributed by atoms with E-state index >= 15 is 0 Å². The topological polar surface area (TPSA) is 18.5 Å². The second-order valence-corrected chi connectivity index (χ2v) is 4.67. The van der Waals surface area contributed by atoms with Gasteiger partial charge in [-0.3, -0.25) is 0 Å². The van der Waals surface area contributed by atoms with Gasteiger partial charge in [0.05, 0.1) is 19.5 Å². The van der Waals surface area contributed by atoms with Gasteiger partial charge in [-0.05, 0) is 56.4 Å². The minimum atomic E-state index is 0.306. The number of hydrogen-bond acceptors (Lipinski definition) is 2. The molecule has 0 saturated carbocycles. The van der Waals surface area contributed by atoms with E-state index in [-0.39, 0.29) is 0 Å². The van der Waals surface area contributed by atoms with Crippen LogP contribution < -0.4 is 4.74 Å². The van der Waals surface area contributed by atoms with E-state index in [1.807, 2.05) is 18.4 Å². The fraction of sp³-hybridized carbons (Fsp3) is 0.500. The Labute approximate surface area is 111 Å². The van der Waals surface area contributed by atoms with Crippen molar-refractivity contribution in [3.05, 3.63) is 41.7 Å². The van der Waals surface area contributed by atoms with E-state index in [4.69, 9.17) is 9.47 Å². The van der Waals surface area contributed by atoms with Crippen molar-refractivity contribution in [1.82, 2.24) is 0 Å². The maximum absolute atomic E-state index is 5.60. The molecule has 2 nitrogen and oxygen atoms in total. The first kappa shape index (κ1) is 14.6. The van der Waals surface area contributed by atoms with Gasteiger partial charge in [-0.15, -0.1) is 0 Å². The Bertz CT molecular complexity index is 365. The lowest BCUT2D eigenvalue weighted by Crippen LogP contribution is -2.01. The van der Waals surface area contributed by atoms with E-state index in [1.54, 1.807) is 7.11 Å². The number of allylic oxidation sites excluding steroid dienone is 1. The minimum absolute atomic E-state index is 0.306. The Kier molecular flexibility index (Phi) is 6.34. The highest BCUT2D eigenvalue weighted by Crippen LogP contribution is 2.14. The summed E-state index contributed by atoms with van der Waals surface area (Å²) in [7, 11) is 1.69. The summed E-state index contributed by atoms with van der Waals surface area (Å²) < 4.78 is 10.7. The quantitative estimate of drug-likeness (QED) is 0.668. The molecule has 1 rings (SSSR count). The molecule has 2 heteroatoms. The molecule has 0 aliphatic rings. The molecule has 0 aromatic heterocycles. The maximum atomic E-state index is 5.60. The molecule has 18 heavy (non-hydrogen) atoms. The van der Waals surface area contributed by atoms with E-state index in [2.05, 4.69) is 32.9 Å². The minimum Gasteiger partial charge on any atom is -0.498 e. The van der Waals surface area contributed by atoms with Gasteiger partial charge in [0.1, 0.15) is 5.75 Å². The highest BCUT2D eigenvalue weighted by atomic mass is 16.5. The monoisotopic (exact) mass is 248 g/mol. The molecule has 1 aromatic rings. The van der Waals surface area contributed by atoms with Crippen molar-refractivity contribution in [2.75, 3.05) is 7.11 Å². The predicted octanol–water partition coefficient (Wildman–Crippen LogP) is 4.35. The molecule has 0 N–H and O–H groups in total. The summed E-state index contributed by atoms with van der Waals surface area (Å²) in [5.41, 5.74) is 2.61. The Balaban J connectivity index is 2.39. The third-order valence-electron chi connectivity index (χ3n) is 3.04. The van der Waals surface area contributed by atoms with E-state index in [0.29, 0.717) is 6.10 Å². The summed E-state index contributed by atoms with van der Waals surface area (Å²) in [6.45, 7) is 6.34. The van der Waals surface area contributed by atoms with Crippen molar-refractivity contribution in [2.24, 2.45) is 0 Å². The second kappa shape index (κ2) is 7.80. The average molecular weight is 248 g/mol. The molecule has 1 atom stereocenters. The zero-order valence-corrected chi connectivity index (χ0v) is 11.9. The van der Waals surface area contributed by atoms with Crippen molar-refractivity contribution in [3.63, 3.8) is 0 Å². The van der Waals surface area contributed by atoms with Crippen LogP contribution in [0.1, 0.15) is 39.2 Å². The van der Waals surface area contributed by atoms with Crippen LogP contribution in [-0.4, -0.2) is 13.2 Å². The van der Waals surface area contributed by atoms with E-state index in [0.717, 1.165) is 25.0 Å². The molecule has 0 bridgehead atoms. The van der Waals surface area contributed by atoms with Gasteiger partial charge in [-0.25, -0.2) is 0 Å². The van der Waals surface area contributed by atoms with Gasteiger partial charge in [0.2, 0.25) is 0 Å². The van der Waals surface area contributed by atoms with E-state index in [9.17, 15) is 0 Å². The molecule has 1 aromatic carbocycles. The fourth-order valence-electron chi connectivity index (χ4n) is 1.52. The summed E-state index contributed by atoms with van der Waals surface area (Å²) in [5.74, 6) is 0.908. The van der Waals surface area contributed by atoms with Crippen molar-refractivity contribution in [2.45, 2.75) is 46.1 Å². The molecule has 0 aliphatic heterocycles. The van der Waals surface area contributed by atoms with Gasteiger partial charge in [-0.2, -0.15) is 0 Å². The molecule has 0 fully saturated rings. The molecule has 0 spiro atoms. The van der Waals surface area contributed by atoms with Crippen molar-refractivity contribution in [1.29, 1.82) is 0 Å². The maximum Gasteiger partial charge on any atom is 0.118 e. The highest BCUT2D eigenvalue weighted by Gasteiger charge is 1.98. The third kappa shape index (κ3) is 5.26. The number of aryl methyl sites for hydroxylation is 1. The lowest BCUT2D eigenvalue weighted by atomic mass is 10.1. The largest absolute Gasteiger partial charge is 0.498 e. The predicted molar refractivity (Wildman–Crippen MR) is 75.9 cm³/mol. The van der Waals surface area contributed by atoms with Crippen LogP contribution in [0, 0.1) is 0 Å². The van der Waals surface area contributed by atoms with Gasteiger partial charge in [-0.1, -0.05) is 19.1 Å². The first-order chi connectivity index (χ1) is 8.65. The fourth-order valence-corrected chi connectivity index (χ4v) is 1.52. The number of rotatable bonds is 7. The summed E-state index contributed by atoms with van der Waals surface area (Å²) in [5, 5.41) is 0. The zero-order chi connectivity index (χ0) is 13.4. The van der Waals surface area contributed by atoms with Gasteiger partial charge >= 0.3 is 0 Å². The summed E-state index contributed by atoms with van der Waals surface area (Å²) in [6.07, 6.45) is 5.32. The second-order valence-electron chi connectivity index (χ2n) is 4.67. The molecule has 0 heterocycles. The number of hydrogen-bond donors (Lipinski definition) is 0. The normalized spacial score (nSPS) is 13.2. The van der Waals surface area contributed by atoms with Crippen LogP contribution >= 0.6 is 0 Å². The van der Waals surface area contributed by atoms with Gasteiger partial charge in [0.25, 0.3) is 0 Å². The van der Waals surface area contributed by atoms with Crippen LogP contribution in [0.3, 0.4) is 0 Å². The van der Waals surface area contributed by atoms with Crippen LogP contribution in [0.4, 0.5) is 0 Å². The number of ether oxygens (including phenoxy) is 2. The Morgan fingerprint density at radius 1 is 1.28 bits per heavy atom. The number of benzene rings is 1. The van der Waals surface area contributed by atoms with E-state index < -0.39 is 0 Å². The summed E-state index contributed by atoms with van der Waals surface area (Å²) in [6, 6.07) is 8.23. The molecule has 100 valence electrons. The van der Waals surface area contributed by atoms with Crippen molar-refractivity contribution < 1.29 is 9.47 Å². The van der Waals surface area contributed by atoms with Gasteiger partial charge in [0, 0.05) is 0 Å². The van der Waals surface area contributed by atoms with Crippen LogP contribution in [0.15, 0.2) is 36.1 Å². The van der Waals surface area contributed by atoms with E-state index in [1.165, 1.54) is 11.1 Å². The molecule has 1 unspecified atom stereocenters. The third-order valence-corrected chi connectivity index (χ3v) is 3.04. The Morgan fingerprint density at radius 2 is 1.94 bits per heavy atom. The van der Waals surface area contributed by atoms with Crippen LogP contribution in [-0.2, 0) is 11.2 Å². The zero-order valence-electron chi connectivity index (χ0n) is 11.9. The first-order valence-corrected chi connectivity index (χ1v) is 6.59.